The molecule has 8 heteroatoms. The van der Waals surface area contributed by atoms with Crippen molar-refractivity contribution in [3.63, 3.8) is 0 Å². The van der Waals surface area contributed by atoms with E-state index >= 15 is 0 Å². The van der Waals surface area contributed by atoms with Crippen LogP contribution in [0.25, 0.3) is 0 Å². The molecular weight excluding hydrogens is 370 g/mol. The van der Waals surface area contributed by atoms with Crippen molar-refractivity contribution >= 4 is 27.8 Å². The summed E-state index contributed by atoms with van der Waals surface area (Å²) in [5.74, 6) is 0.746. The predicted octanol–water partition coefficient (Wildman–Crippen LogP) is 3.32. The van der Waals surface area contributed by atoms with Crippen LogP contribution in [-0.4, -0.2) is 35.3 Å². The number of benzene rings is 1. The molecule has 0 aliphatic heterocycles. The van der Waals surface area contributed by atoms with Gasteiger partial charge in [0.1, 0.15) is 12.4 Å². The van der Waals surface area contributed by atoms with Gasteiger partial charge in [0, 0.05) is 18.3 Å². The van der Waals surface area contributed by atoms with E-state index in [-0.39, 0.29) is 10.8 Å². The van der Waals surface area contributed by atoms with Crippen LogP contribution in [0.15, 0.2) is 29.1 Å². The molecule has 2 N–H and O–H groups in total. The molecule has 0 saturated carbocycles. The van der Waals surface area contributed by atoms with E-state index in [1.165, 1.54) is 4.88 Å². The van der Waals surface area contributed by atoms with E-state index < -0.39 is 0 Å². The molecule has 0 aliphatic carbocycles. The first-order valence-electron chi connectivity index (χ1n) is 8.20. The normalized spacial score (nSPS) is 10.9. The zero-order valence-corrected chi connectivity index (χ0v) is 16.5. The Labute approximate surface area is 159 Å². The first kappa shape index (κ1) is 18.5. The van der Waals surface area contributed by atoms with Crippen molar-refractivity contribution in [3.05, 3.63) is 54.9 Å². The van der Waals surface area contributed by atoms with Gasteiger partial charge in [-0.15, -0.1) is 11.3 Å². The number of nitrogens with zero attached hydrogens (tertiary/aromatic N) is 2. The smallest absolute Gasteiger partial charge is 0.307 e. The van der Waals surface area contributed by atoms with Crippen molar-refractivity contribution < 1.29 is 9.84 Å². The summed E-state index contributed by atoms with van der Waals surface area (Å²) in [4.78, 5) is 21.9. The largest absolute Gasteiger partial charge is 0.494 e. The molecule has 0 spiro atoms. The second kappa shape index (κ2) is 7.92. The molecule has 0 bridgehead atoms. The number of aromatic hydroxyl groups is 1. The number of thiazole rings is 2. The Kier molecular flexibility index (Phi) is 5.63. The topological polar surface area (TPSA) is 78.5 Å². The summed E-state index contributed by atoms with van der Waals surface area (Å²) in [6.45, 7) is 5.41. The van der Waals surface area contributed by atoms with E-state index in [4.69, 9.17) is 4.74 Å². The van der Waals surface area contributed by atoms with Crippen LogP contribution >= 0.6 is 22.7 Å². The maximum absolute atomic E-state index is 11.2. The lowest BCUT2D eigenvalue weighted by molar-refractivity contribution is 0.326. The molecule has 6 nitrogen and oxygen atoms in total. The van der Waals surface area contributed by atoms with Crippen molar-refractivity contribution in [3.8, 4) is 11.6 Å². The second-order valence-electron chi connectivity index (χ2n) is 6.02. The third-order valence-corrected chi connectivity index (χ3v) is 6.09. The molecule has 0 fully saturated rings. The lowest BCUT2D eigenvalue weighted by atomic mass is 10.1. The molecule has 2 heterocycles. The van der Waals surface area contributed by atoms with Crippen LogP contribution in [0.3, 0.4) is 0 Å². The Morgan fingerprint density at radius 1 is 1.23 bits per heavy atom. The first-order valence-corrected chi connectivity index (χ1v) is 9.83. The summed E-state index contributed by atoms with van der Waals surface area (Å²) < 4.78 is 5.80. The summed E-state index contributed by atoms with van der Waals surface area (Å²) in [6, 6.07) is 7.69. The monoisotopic (exact) mass is 391 g/mol. The zero-order chi connectivity index (χ0) is 18.7. The predicted molar refractivity (Wildman–Crippen MR) is 106 cm³/mol. The number of H-pyrrole nitrogens is 1. The Bertz CT molecular complexity index is 909. The van der Waals surface area contributed by atoms with Gasteiger partial charge in [-0.1, -0.05) is 23.5 Å². The minimum atomic E-state index is -0.243. The van der Waals surface area contributed by atoms with Gasteiger partial charge in [-0.25, -0.2) is 4.98 Å². The van der Waals surface area contributed by atoms with E-state index in [0.29, 0.717) is 17.9 Å². The number of aryl methyl sites for hydroxylation is 2. The highest BCUT2D eigenvalue weighted by Gasteiger charge is 2.09. The minimum absolute atomic E-state index is 0.0453. The number of nitrogens with one attached hydrogen (secondary N) is 1. The maximum Gasteiger partial charge on any atom is 0.307 e. The standard InChI is InChI=1S/C18H21N3O3S2/c1-11-12(2)25-17(19-11)21(3)8-9-24-14-6-4-13(5-7-14)10-15-16(22)20-18(23)26-15/h4-7,22H,8-10H2,1-3H3,(H,20,23). The van der Waals surface area contributed by atoms with Crippen LogP contribution in [-0.2, 0) is 6.42 Å². The molecule has 0 saturated heterocycles. The number of likely N-dealkylation sites (N-methyl/N-ethyl adjacent to an activating group) is 1. The van der Waals surface area contributed by atoms with Gasteiger partial charge in [-0.3, -0.25) is 9.78 Å². The quantitative estimate of drug-likeness (QED) is 0.646. The van der Waals surface area contributed by atoms with E-state index in [1.807, 2.05) is 38.2 Å². The summed E-state index contributed by atoms with van der Waals surface area (Å²) in [6.07, 6.45) is 0.515. The molecule has 0 amide bonds. The third-order valence-electron chi connectivity index (χ3n) is 4.03. The second-order valence-corrected chi connectivity index (χ2v) is 8.26. The van der Waals surface area contributed by atoms with Crippen molar-refractivity contribution in [2.45, 2.75) is 20.3 Å². The first-order chi connectivity index (χ1) is 12.4. The van der Waals surface area contributed by atoms with E-state index in [2.05, 4.69) is 21.8 Å². The van der Waals surface area contributed by atoms with Gasteiger partial charge in [-0.2, -0.15) is 0 Å². The lowest BCUT2D eigenvalue weighted by Crippen LogP contribution is -2.23. The summed E-state index contributed by atoms with van der Waals surface area (Å²) in [5.41, 5.74) is 2.08. The number of rotatable bonds is 7. The molecule has 2 aromatic heterocycles. The van der Waals surface area contributed by atoms with Crippen LogP contribution < -0.4 is 14.5 Å². The Morgan fingerprint density at radius 3 is 2.54 bits per heavy atom. The summed E-state index contributed by atoms with van der Waals surface area (Å²) >= 11 is 2.72. The Hall–Kier alpha value is -2.32. The van der Waals surface area contributed by atoms with Crippen molar-refractivity contribution in [2.24, 2.45) is 0 Å². The number of hydrogen-bond donors (Lipinski definition) is 2. The average molecular weight is 392 g/mol. The van der Waals surface area contributed by atoms with Gasteiger partial charge < -0.3 is 14.7 Å². The summed E-state index contributed by atoms with van der Waals surface area (Å²) in [7, 11) is 2.01. The van der Waals surface area contributed by atoms with Crippen LogP contribution in [0.1, 0.15) is 21.0 Å². The molecule has 3 aromatic rings. The Balaban J connectivity index is 1.51. The number of hydrogen-bond acceptors (Lipinski definition) is 7. The molecular formula is C18H21N3O3S2. The highest BCUT2D eigenvalue weighted by molar-refractivity contribution is 7.15. The molecule has 3 rings (SSSR count). The average Bonchev–Trinajstić information content (AvgIpc) is 3.10. The van der Waals surface area contributed by atoms with E-state index in [0.717, 1.165) is 40.0 Å². The van der Waals surface area contributed by atoms with Crippen LogP contribution in [0.4, 0.5) is 5.13 Å². The highest BCUT2D eigenvalue weighted by Crippen LogP contribution is 2.24. The molecule has 26 heavy (non-hydrogen) atoms. The van der Waals surface area contributed by atoms with Gasteiger partial charge in [0.05, 0.1) is 17.1 Å². The number of aromatic nitrogens is 2. The van der Waals surface area contributed by atoms with Crippen LogP contribution in [0, 0.1) is 13.8 Å². The van der Waals surface area contributed by atoms with Crippen molar-refractivity contribution in [2.75, 3.05) is 25.1 Å². The summed E-state index contributed by atoms with van der Waals surface area (Å²) in [5, 5.41) is 10.7. The SMILES string of the molecule is Cc1nc(N(C)CCOc2ccc(Cc3sc(=O)[nH]c3O)cc2)sc1C. The van der Waals surface area contributed by atoms with Gasteiger partial charge >= 0.3 is 4.87 Å². The fourth-order valence-corrected chi connectivity index (χ4v) is 4.03. The lowest BCUT2D eigenvalue weighted by Gasteiger charge is -2.16. The van der Waals surface area contributed by atoms with Gasteiger partial charge in [0.15, 0.2) is 5.13 Å². The van der Waals surface area contributed by atoms with Crippen LogP contribution in [0.2, 0.25) is 0 Å². The highest BCUT2D eigenvalue weighted by atomic mass is 32.1. The Morgan fingerprint density at radius 2 is 1.96 bits per heavy atom. The number of aromatic amines is 1. The van der Waals surface area contributed by atoms with Gasteiger partial charge in [0.2, 0.25) is 5.88 Å². The molecule has 0 unspecified atom stereocenters. The third kappa shape index (κ3) is 4.44. The fourth-order valence-electron chi connectivity index (χ4n) is 2.38. The maximum atomic E-state index is 11.2. The minimum Gasteiger partial charge on any atom is -0.494 e. The van der Waals surface area contributed by atoms with Crippen molar-refractivity contribution in [1.29, 1.82) is 0 Å². The number of anilines is 1. The van der Waals surface area contributed by atoms with Crippen LogP contribution in [0.5, 0.6) is 11.6 Å². The van der Waals surface area contributed by atoms with E-state index in [1.54, 1.807) is 11.3 Å². The molecule has 0 aliphatic rings. The molecule has 1 aromatic carbocycles. The van der Waals surface area contributed by atoms with Crippen molar-refractivity contribution in [1.82, 2.24) is 9.97 Å². The van der Waals surface area contributed by atoms with E-state index in [9.17, 15) is 9.90 Å². The zero-order valence-electron chi connectivity index (χ0n) is 14.9. The molecule has 0 radical (unpaired) electrons. The van der Waals surface area contributed by atoms with Gasteiger partial charge in [-0.05, 0) is 31.5 Å². The molecule has 0 atom stereocenters. The number of ether oxygens (including phenoxy) is 1. The molecule has 138 valence electrons. The van der Waals surface area contributed by atoms with Gasteiger partial charge in [0.25, 0.3) is 0 Å². The fraction of sp³-hybridized carbons (Fsp3) is 0.333.